The first-order valence-electron chi connectivity index (χ1n) is 26.2. The average Bonchev–Trinajstić information content (AvgIpc) is 4.04. The molecule has 0 N–H and O–H groups in total. The standard InChI is InChI=1S/C68H44B2N4O2S/c1-7-23-45(24-8-1)71(46-25-9-2-10-26-46)51-39-59-65-62(41-51)75-67-53-35-19-21-37-61(53)76-68(67)70(65)56-43-55-57(44-58(56)73(59)49-31-15-5-16-32-49)74(50-33-17-6-18-34-50)60-40-52(42-64-66(60)69(55)54-36-20-22-38-63(54)77-64)72(47-27-11-3-12-28-47)48-29-13-4-14-30-48/h1-44H. The van der Waals surface area contributed by atoms with E-state index in [9.17, 15) is 0 Å². The SMILES string of the molecule is c1ccc(N(c2ccccc2)c2cc3c4c(c2)N(c2ccccc2)c2cc5c(cc2B4c2oc4ccccc4c2O3)B2c3ccccc3Sc3cc(N(c4ccccc4)c4ccccc4)cc(c32)N5c2ccccc2)cc1. The molecule has 0 spiro atoms. The van der Waals surface area contributed by atoms with Gasteiger partial charge in [-0.1, -0.05) is 163 Å². The number of fused-ring (bicyclic) bond motifs is 10. The van der Waals surface area contributed by atoms with Crippen molar-refractivity contribution in [3.05, 3.63) is 267 Å². The van der Waals surface area contributed by atoms with Gasteiger partial charge >= 0.3 is 6.71 Å². The van der Waals surface area contributed by atoms with Crippen molar-refractivity contribution in [3.63, 3.8) is 0 Å². The van der Waals surface area contributed by atoms with Crippen molar-refractivity contribution in [3.8, 4) is 11.5 Å². The lowest BCUT2D eigenvalue weighted by Crippen LogP contribution is -2.63. The summed E-state index contributed by atoms with van der Waals surface area (Å²) >= 11 is 1.87. The summed E-state index contributed by atoms with van der Waals surface area (Å²) in [5.41, 5.74) is 20.5. The van der Waals surface area contributed by atoms with Crippen LogP contribution in [0.4, 0.5) is 68.2 Å². The van der Waals surface area contributed by atoms with Crippen LogP contribution in [0, 0.1) is 0 Å². The fraction of sp³-hybridized carbons (Fsp3) is 0. The number of hydrogen-bond acceptors (Lipinski definition) is 7. The fourth-order valence-corrected chi connectivity index (χ4v) is 13.7. The molecule has 11 aromatic carbocycles. The molecule has 9 heteroatoms. The number of nitrogens with zero attached hydrogens (tertiary/aromatic N) is 4. The maximum absolute atomic E-state index is 7.32. The molecule has 1 aromatic heterocycles. The number of anilines is 12. The Bertz CT molecular complexity index is 4180. The molecule has 4 aliphatic heterocycles. The van der Waals surface area contributed by atoms with Crippen LogP contribution in [0.2, 0.25) is 0 Å². The van der Waals surface area contributed by atoms with Gasteiger partial charge in [0.05, 0.1) is 11.1 Å². The predicted molar refractivity (Wildman–Crippen MR) is 321 cm³/mol. The summed E-state index contributed by atoms with van der Waals surface area (Å²) in [6.45, 7) is -0.387. The maximum atomic E-state index is 7.32. The van der Waals surface area contributed by atoms with Gasteiger partial charge in [0.25, 0.3) is 0 Å². The number of ether oxygens (including phenoxy) is 1. The zero-order valence-electron chi connectivity index (χ0n) is 41.6. The summed E-state index contributed by atoms with van der Waals surface area (Å²) in [4.78, 5) is 12.2. The second-order valence-electron chi connectivity index (χ2n) is 20.0. The smallest absolute Gasteiger partial charge is 0.301 e. The largest absolute Gasteiger partial charge is 0.466 e. The molecule has 5 heterocycles. The van der Waals surface area contributed by atoms with E-state index in [1.807, 2.05) is 17.8 Å². The van der Waals surface area contributed by atoms with Crippen molar-refractivity contribution < 1.29 is 9.15 Å². The minimum Gasteiger partial charge on any atom is -0.466 e. The van der Waals surface area contributed by atoms with E-state index >= 15 is 0 Å². The van der Waals surface area contributed by atoms with Crippen molar-refractivity contribution in [1.82, 2.24) is 0 Å². The topological polar surface area (TPSA) is 35.3 Å². The Hall–Kier alpha value is -9.56. The molecule has 360 valence electrons. The summed E-state index contributed by atoms with van der Waals surface area (Å²) in [6.07, 6.45) is 0. The highest BCUT2D eigenvalue weighted by Crippen LogP contribution is 2.51. The fourth-order valence-electron chi connectivity index (χ4n) is 12.5. The third-order valence-electron chi connectivity index (χ3n) is 15.7. The molecule has 0 unspecified atom stereocenters. The molecule has 16 rings (SSSR count). The van der Waals surface area contributed by atoms with E-state index in [2.05, 4.69) is 280 Å². The summed E-state index contributed by atoms with van der Waals surface area (Å²) in [6, 6.07) is 96.3. The van der Waals surface area contributed by atoms with Crippen molar-refractivity contribution in [2.24, 2.45) is 0 Å². The molecule has 0 saturated heterocycles. The molecule has 0 amide bonds. The van der Waals surface area contributed by atoms with Crippen LogP contribution >= 0.6 is 11.8 Å². The Kier molecular flexibility index (Phi) is 9.97. The predicted octanol–water partition coefficient (Wildman–Crippen LogP) is 14.5. The van der Waals surface area contributed by atoms with Crippen molar-refractivity contribution in [1.29, 1.82) is 0 Å². The van der Waals surface area contributed by atoms with Crippen LogP contribution in [0.25, 0.3) is 11.0 Å². The number of para-hydroxylation sites is 7. The molecule has 12 aromatic rings. The van der Waals surface area contributed by atoms with Crippen molar-refractivity contribution >= 4 is 137 Å². The van der Waals surface area contributed by atoms with E-state index in [0.29, 0.717) is 0 Å². The number of rotatable bonds is 8. The highest BCUT2D eigenvalue weighted by Gasteiger charge is 2.49. The number of furan rings is 1. The minimum absolute atomic E-state index is 0.0811. The second-order valence-corrected chi connectivity index (χ2v) is 21.1. The molecular formula is C68H44B2N4O2S. The van der Waals surface area contributed by atoms with Crippen molar-refractivity contribution in [2.45, 2.75) is 9.79 Å². The van der Waals surface area contributed by atoms with E-state index in [1.165, 1.54) is 26.2 Å². The third-order valence-corrected chi connectivity index (χ3v) is 16.8. The first-order chi connectivity index (χ1) is 38.2. The molecule has 0 radical (unpaired) electrons. The third kappa shape index (κ3) is 6.87. The van der Waals surface area contributed by atoms with Gasteiger partial charge in [-0.25, -0.2) is 0 Å². The quantitative estimate of drug-likeness (QED) is 0.140. The van der Waals surface area contributed by atoms with Gasteiger partial charge in [0.2, 0.25) is 6.71 Å². The maximum Gasteiger partial charge on any atom is 0.301 e. The highest BCUT2D eigenvalue weighted by molar-refractivity contribution is 8.00. The number of benzene rings is 11. The Morgan fingerprint density at radius 2 is 0.818 bits per heavy atom. The van der Waals surface area contributed by atoms with Gasteiger partial charge in [0.1, 0.15) is 17.0 Å². The highest BCUT2D eigenvalue weighted by atomic mass is 32.2. The molecule has 77 heavy (non-hydrogen) atoms. The lowest BCUT2D eigenvalue weighted by molar-refractivity contribution is 0.482. The molecular weight excluding hydrogens is 958 g/mol. The normalized spacial score (nSPS) is 13.1. The van der Waals surface area contributed by atoms with E-state index in [1.54, 1.807) is 0 Å². The van der Waals surface area contributed by atoms with Gasteiger partial charge in [0.15, 0.2) is 5.75 Å². The van der Waals surface area contributed by atoms with E-state index < -0.39 is 0 Å². The van der Waals surface area contributed by atoms with E-state index in [-0.39, 0.29) is 13.4 Å². The van der Waals surface area contributed by atoms with Crippen LogP contribution in [0.5, 0.6) is 11.5 Å². The van der Waals surface area contributed by atoms with Crippen LogP contribution in [0.1, 0.15) is 0 Å². The van der Waals surface area contributed by atoms with Gasteiger partial charge in [-0.3, -0.25) is 0 Å². The average molecular weight is 1000 g/mol. The monoisotopic (exact) mass is 1000 g/mol. The zero-order valence-corrected chi connectivity index (χ0v) is 42.4. The van der Waals surface area contributed by atoms with Gasteiger partial charge in [-0.05, 0) is 132 Å². The molecule has 4 aliphatic rings. The lowest BCUT2D eigenvalue weighted by atomic mass is 9.32. The second kappa shape index (κ2) is 17.5. The van der Waals surface area contributed by atoms with E-state index in [0.717, 1.165) is 107 Å². The molecule has 0 bridgehead atoms. The zero-order chi connectivity index (χ0) is 50.6. The summed E-state index contributed by atoms with van der Waals surface area (Å²) in [5.74, 6) is 1.56. The van der Waals surface area contributed by atoms with Gasteiger partial charge in [-0.15, -0.1) is 0 Å². The summed E-state index contributed by atoms with van der Waals surface area (Å²) < 4.78 is 14.4. The molecule has 0 saturated carbocycles. The van der Waals surface area contributed by atoms with E-state index in [4.69, 9.17) is 9.15 Å². The van der Waals surface area contributed by atoms with Crippen LogP contribution in [-0.2, 0) is 0 Å². The van der Waals surface area contributed by atoms with Gasteiger partial charge in [-0.2, -0.15) is 0 Å². The Morgan fingerprint density at radius 3 is 1.39 bits per heavy atom. The first-order valence-corrected chi connectivity index (χ1v) is 27.0. The van der Waals surface area contributed by atoms with Crippen LogP contribution in [0.3, 0.4) is 0 Å². The molecule has 0 aliphatic carbocycles. The summed E-state index contributed by atoms with van der Waals surface area (Å²) in [5, 5.41) is 0.955. The van der Waals surface area contributed by atoms with Crippen molar-refractivity contribution in [2.75, 3.05) is 19.6 Å². The Balaban J connectivity index is 1.00. The van der Waals surface area contributed by atoms with Crippen LogP contribution < -0.4 is 57.3 Å². The van der Waals surface area contributed by atoms with Gasteiger partial charge in [0, 0.05) is 83.9 Å². The Morgan fingerprint density at radius 1 is 0.351 bits per heavy atom. The minimum atomic E-state index is -0.306. The Labute approximate surface area is 451 Å². The molecule has 0 fully saturated rings. The lowest BCUT2D eigenvalue weighted by Gasteiger charge is -2.44. The molecule has 0 atom stereocenters. The first kappa shape index (κ1) is 43.8. The van der Waals surface area contributed by atoms with Crippen LogP contribution in [-0.4, -0.2) is 13.4 Å². The van der Waals surface area contributed by atoms with Crippen LogP contribution in [0.15, 0.2) is 281 Å². The summed E-state index contributed by atoms with van der Waals surface area (Å²) in [7, 11) is 0. The molecule has 6 nitrogen and oxygen atoms in total. The van der Waals surface area contributed by atoms with Gasteiger partial charge < -0.3 is 28.8 Å². The number of hydrogen-bond donors (Lipinski definition) is 0.